The number of nitrogens with zero attached hydrogens (tertiary/aromatic N) is 1. The SMILES string of the molecule is Cc1ccc(Br)cc1C(=O)C(C)c1ccncc1. The summed E-state index contributed by atoms with van der Waals surface area (Å²) in [4.78, 5) is 16.4. The average molecular weight is 304 g/mol. The first kappa shape index (κ1) is 13.0. The molecular weight excluding hydrogens is 290 g/mol. The summed E-state index contributed by atoms with van der Waals surface area (Å²) in [5.41, 5.74) is 2.77. The lowest BCUT2D eigenvalue weighted by Crippen LogP contribution is -2.11. The van der Waals surface area contributed by atoms with Crippen LogP contribution in [0.5, 0.6) is 0 Å². The average Bonchev–Trinajstić information content (AvgIpc) is 2.41. The van der Waals surface area contributed by atoms with E-state index in [1.807, 2.05) is 44.2 Å². The number of ketones is 1. The Morgan fingerprint density at radius 2 is 1.89 bits per heavy atom. The van der Waals surface area contributed by atoms with E-state index >= 15 is 0 Å². The summed E-state index contributed by atoms with van der Waals surface area (Å²) < 4.78 is 0.929. The van der Waals surface area contributed by atoms with Gasteiger partial charge in [0.1, 0.15) is 0 Å². The number of Topliss-reactive ketones (excluding diaryl/α,β-unsaturated/α-hetero) is 1. The molecular formula is C15H14BrNO. The summed E-state index contributed by atoms with van der Waals surface area (Å²) in [6, 6.07) is 9.56. The summed E-state index contributed by atoms with van der Waals surface area (Å²) in [5, 5.41) is 0. The highest BCUT2D eigenvalue weighted by Gasteiger charge is 2.18. The summed E-state index contributed by atoms with van der Waals surface area (Å²) in [7, 11) is 0. The molecule has 92 valence electrons. The Labute approximate surface area is 115 Å². The van der Waals surface area contributed by atoms with Crippen molar-refractivity contribution < 1.29 is 4.79 Å². The van der Waals surface area contributed by atoms with Gasteiger partial charge in [0.25, 0.3) is 0 Å². The van der Waals surface area contributed by atoms with Crippen LogP contribution in [0.2, 0.25) is 0 Å². The topological polar surface area (TPSA) is 30.0 Å². The molecule has 0 amide bonds. The number of hydrogen-bond donors (Lipinski definition) is 0. The predicted molar refractivity (Wildman–Crippen MR) is 75.9 cm³/mol. The van der Waals surface area contributed by atoms with E-state index in [-0.39, 0.29) is 11.7 Å². The number of halogens is 1. The van der Waals surface area contributed by atoms with Crippen LogP contribution in [-0.2, 0) is 0 Å². The second-order valence-electron chi connectivity index (χ2n) is 4.33. The van der Waals surface area contributed by atoms with Gasteiger partial charge in [0.05, 0.1) is 0 Å². The van der Waals surface area contributed by atoms with Gasteiger partial charge in [0.15, 0.2) is 5.78 Å². The minimum atomic E-state index is -0.152. The van der Waals surface area contributed by atoms with Crippen LogP contribution in [-0.4, -0.2) is 10.8 Å². The van der Waals surface area contributed by atoms with Gasteiger partial charge in [0, 0.05) is 28.3 Å². The minimum Gasteiger partial charge on any atom is -0.293 e. The van der Waals surface area contributed by atoms with Crippen molar-refractivity contribution in [2.24, 2.45) is 0 Å². The van der Waals surface area contributed by atoms with Crippen molar-refractivity contribution in [3.05, 3.63) is 63.9 Å². The molecule has 0 radical (unpaired) electrons. The third-order valence-corrected chi connectivity index (χ3v) is 3.56. The van der Waals surface area contributed by atoms with Crippen LogP contribution >= 0.6 is 15.9 Å². The van der Waals surface area contributed by atoms with Gasteiger partial charge < -0.3 is 0 Å². The van der Waals surface area contributed by atoms with Crippen LogP contribution in [0.1, 0.15) is 34.3 Å². The van der Waals surface area contributed by atoms with E-state index in [1.165, 1.54) is 0 Å². The Bertz CT molecular complexity index is 566. The Hall–Kier alpha value is -1.48. The number of benzene rings is 1. The second kappa shape index (κ2) is 5.44. The molecule has 0 saturated heterocycles. The second-order valence-corrected chi connectivity index (χ2v) is 5.24. The van der Waals surface area contributed by atoms with E-state index in [1.54, 1.807) is 12.4 Å². The van der Waals surface area contributed by atoms with Crippen molar-refractivity contribution in [1.82, 2.24) is 4.98 Å². The molecule has 0 aliphatic rings. The van der Waals surface area contributed by atoms with Gasteiger partial charge in [-0.2, -0.15) is 0 Å². The van der Waals surface area contributed by atoms with E-state index in [2.05, 4.69) is 20.9 Å². The largest absolute Gasteiger partial charge is 0.293 e. The van der Waals surface area contributed by atoms with Crippen molar-refractivity contribution in [2.45, 2.75) is 19.8 Å². The van der Waals surface area contributed by atoms with Gasteiger partial charge in [0.2, 0.25) is 0 Å². The Kier molecular flexibility index (Phi) is 3.92. The Morgan fingerprint density at radius 1 is 1.22 bits per heavy atom. The lowest BCUT2D eigenvalue weighted by atomic mass is 9.91. The first-order chi connectivity index (χ1) is 8.59. The van der Waals surface area contributed by atoms with Crippen LogP contribution in [0.4, 0.5) is 0 Å². The maximum absolute atomic E-state index is 12.5. The van der Waals surface area contributed by atoms with Crippen LogP contribution in [0.25, 0.3) is 0 Å². The molecule has 1 unspecified atom stereocenters. The third kappa shape index (κ3) is 2.67. The van der Waals surface area contributed by atoms with E-state index in [9.17, 15) is 4.79 Å². The molecule has 18 heavy (non-hydrogen) atoms. The molecule has 0 N–H and O–H groups in total. The van der Waals surface area contributed by atoms with Crippen LogP contribution in [0, 0.1) is 6.92 Å². The number of carbonyl (C=O) groups is 1. The number of carbonyl (C=O) groups excluding carboxylic acids is 1. The monoisotopic (exact) mass is 303 g/mol. The molecule has 2 rings (SSSR count). The molecule has 3 heteroatoms. The third-order valence-electron chi connectivity index (χ3n) is 3.06. The molecule has 0 spiro atoms. The maximum atomic E-state index is 12.5. The van der Waals surface area contributed by atoms with Gasteiger partial charge in [-0.15, -0.1) is 0 Å². The molecule has 1 aromatic carbocycles. The first-order valence-electron chi connectivity index (χ1n) is 5.80. The van der Waals surface area contributed by atoms with Crippen molar-refractivity contribution in [2.75, 3.05) is 0 Å². The molecule has 2 nitrogen and oxygen atoms in total. The smallest absolute Gasteiger partial charge is 0.170 e. The van der Waals surface area contributed by atoms with Gasteiger partial charge in [-0.1, -0.05) is 28.9 Å². The number of rotatable bonds is 3. The van der Waals surface area contributed by atoms with E-state index < -0.39 is 0 Å². The molecule has 0 saturated carbocycles. The molecule has 0 aliphatic carbocycles. The maximum Gasteiger partial charge on any atom is 0.170 e. The van der Waals surface area contributed by atoms with Crippen molar-refractivity contribution in [1.29, 1.82) is 0 Å². The molecule has 0 fully saturated rings. The number of pyridine rings is 1. The highest BCUT2D eigenvalue weighted by atomic mass is 79.9. The fourth-order valence-corrected chi connectivity index (χ4v) is 2.26. The van der Waals surface area contributed by atoms with Crippen LogP contribution in [0.15, 0.2) is 47.2 Å². The van der Waals surface area contributed by atoms with E-state index in [4.69, 9.17) is 0 Å². The summed E-state index contributed by atoms with van der Waals surface area (Å²) in [5.74, 6) is -0.0130. The summed E-state index contributed by atoms with van der Waals surface area (Å²) >= 11 is 3.41. The van der Waals surface area contributed by atoms with Crippen LogP contribution in [0.3, 0.4) is 0 Å². The van der Waals surface area contributed by atoms with Gasteiger partial charge >= 0.3 is 0 Å². The molecule has 1 heterocycles. The zero-order valence-corrected chi connectivity index (χ0v) is 11.9. The number of aromatic nitrogens is 1. The number of hydrogen-bond acceptors (Lipinski definition) is 2. The molecule has 2 aromatic rings. The Balaban J connectivity index is 2.34. The molecule has 1 aromatic heterocycles. The first-order valence-corrected chi connectivity index (χ1v) is 6.59. The predicted octanol–water partition coefficient (Wildman–Crippen LogP) is 4.14. The lowest BCUT2D eigenvalue weighted by Gasteiger charge is -2.12. The summed E-state index contributed by atoms with van der Waals surface area (Å²) in [6.07, 6.45) is 3.43. The van der Waals surface area contributed by atoms with E-state index in [0.29, 0.717) is 0 Å². The fraction of sp³-hybridized carbons (Fsp3) is 0.200. The molecule has 0 bridgehead atoms. The fourth-order valence-electron chi connectivity index (χ4n) is 1.90. The van der Waals surface area contributed by atoms with Crippen molar-refractivity contribution in [3.8, 4) is 0 Å². The lowest BCUT2D eigenvalue weighted by molar-refractivity contribution is 0.0965. The molecule has 1 atom stereocenters. The zero-order valence-electron chi connectivity index (χ0n) is 10.4. The quantitative estimate of drug-likeness (QED) is 0.798. The zero-order chi connectivity index (χ0) is 13.1. The standard InChI is InChI=1S/C15H14BrNO/c1-10-3-4-13(16)9-14(10)15(18)11(2)12-5-7-17-8-6-12/h3-9,11H,1-2H3. The highest BCUT2D eigenvalue weighted by molar-refractivity contribution is 9.10. The molecule has 0 aliphatic heterocycles. The van der Waals surface area contributed by atoms with Crippen molar-refractivity contribution in [3.63, 3.8) is 0 Å². The van der Waals surface area contributed by atoms with Gasteiger partial charge in [-0.25, -0.2) is 0 Å². The van der Waals surface area contributed by atoms with Crippen molar-refractivity contribution >= 4 is 21.7 Å². The number of aryl methyl sites for hydroxylation is 1. The van der Waals surface area contributed by atoms with E-state index in [0.717, 1.165) is 21.2 Å². The normalized spacial score (nSPS) is 12.2. The minimum absolute atomic E-state index is 0.139. The van der Waals surface area contributed by atoms with Gasteiger partial charge in [-0.3, -0.25) is 9.78 Å². The van der Waals surface area contributed by atoms with Gasteiger partial charge in [-0.05, 0) is 42.3 Å². The highest BCUT2D eigenvalue weighted by Crippen LogP contribution is 2.24. The van der Waals surface area contributed by atoms with Crippen LogP contribution < -0.4 is 0 Å². The summed E-state index contributed by atoms with van der Waals surface area (Å²) in [6.45, 7) is 3.89. The Morgan fingerprint density at radius 3 is 2.56 bits per heavy atom.